The number of para-hydroxylation sites is 2. The smallest absolute Gasteiger partial charge is 0.252 e. The minimum atomic E-state index is 0.0455. The van der Waals surface area contributed by atoms with Gasteiger partial charge >= 0.3 is 0 Å². The van der Waals surface area contributed by atoms with Crippen molar-refractivity contribution in [3.05, 3.63) is 126 Å². The predicted molar refractivity (Wildman–Crippen MR) is 183 cm³/mol. The first-order valence-corrected chi connectivity index (χ1v) is 15.2. The molecule has 5 aromatic rings. The van der Waals surface area contributed by atoms with Crippen LogP contribution in [0.15, 0.2) is 109 Å². The minimum Gasteiger partial charge on any atom is -0.311 e. The Morgan fingerprint density at radius 2 is 0.881 bits per heavy atom. The Bertz CT molecular complexity index is 1680. The molecule has 2 heterocycles. The fourth-order valence-electron chi connectivity index (χ4n) is 6.79. The molecular formula is C39H39BN2. The van der Waals surface area contributed by atoms with Crippen molar-refractivity contribution in [2.24, 2.45) is 0 Å². The van der Waals surface area contributed by atoms with Crippen LogP contribution in [0.5, 0.6) is 0 Å². The van der Waals surface area contributed by atoms with Gasteiger partial charge in [0.2, 0.25) is 0 Å². The first-order valence-electron chi connectivity index (χ1n) is 15.2. The van der Waals surface area contributed by atoms with Gasteiger partial charge < -0.3 is 9.80 Å². The van der Waals surface area contributed by atoms with Crippen LogP contribution in [0.2, 0.25) is 0 Å². The summed E-state index contributed by atoms with van der Waals surface area (Å²) >= 11 is 0. The highest BCUT2D eigenvalue weighted by atomic mass is 15.2. The van der Waals surface area contributed by atoms with Crippen molar-refractivity contribution in [2.45, 2.75) is 59.3 Å². The Hall–Kier alpha value is -4.24. The summed E-state index contributed by atoms with van der Waals surface area (Å²) in [5.74, 6) is 0. The highest BCUT2D eigenvalue weighted by molar-refractivity contribution is 7.00. The van der Waals surface area contributed by atoms with Gasteiger partial charge in [0.25, 0.3) is 6.71 Å². The van der Waals surface area contributed by atoms with Crippen LogP contribution in [0.1, 0.15) is 58.2 Å². The predicted octanol–water partition coefficient (Wildman–Crippen LogP) is 8.67. The maximum absolute atomic E-state index is 2.49. The molecule has 0 aromatic heterocycles. The second-order valence-electron chi connectivity index (χ2n) is 14.0. The fraction of sp³-hybridized carbons (Fsp3) is 0.231. The number of aryl methyl sites for hydroxylation is 1. The summed E-state index contributed by atoms with van der Waals surface area (Å²) in [7, 11) is 0. The number of benzene rings is 5. The Labute approximate surface area is 251 Å². The molecule has 0 radical (unpaired) electrons. The van der Waals surface area contributed by atoms with Crippen LogP contribution < -0.4 is 26.2 Å². The van der Waals surface area contributed by atoms with E-state index in [-0.39, 0.29) is 17.5 Å². The molecule has 2 nitrogen and oxygen atoms in total. The monoisotopic (exact) mass is 546 g/mol. The van der Waals surface area contributed by atoms with Crippen LogP contribution in [0.3, 0.4) is 0 Å². The average molecular weight is 547 g/mol. The summed E-state index contributed by atoms with van der Waals surface area (Å²) in [6.07, 6.45) is 0. The number of rotatable bonds is 2. The Kier molecular flexibility index (Phi) is 5.96. The highest BCUT2D eigenvalue weighted by Gasteiger charge is 2.44. The van der Waals surface area contributed by atoms with E-state index in [0.29, 0.717) is 0 Å². The zero-order chi connectivity index (χ0) is 29.4. The van der Waals surface area contributed by atoms with E-state index < -0.39 is 0 Å². The average Bonchev–Trinajstić information content (AvgIpc) is 2.96. The molecule has 0 fully saturated rings. The van der Waals surface area contributed by atoms with E-state index in [1.54, 1.807) is 0 Å². The van der Waals surface area contributed by atoms with Crippen LogP contribution in [0.4, 0.5) is 34.1 Å². The van der Waals surface area contributed by atoms with Crippen molar-refractivity contribution in [1.29, 1.82) is 0 Å². The molecule has 2 aliphatic rings. The molecule has 0 amide bonds. The van der Waals surface area contributed by atoms with Gasteiger partial charge in [-0.3, -0.25) is 0 Å². The van der Waals surface area contributed by atoms with Gasteiger partial charge in [-0.1, -0.05) is 102 Å². The molecular weight excluding hydrogens is 507 g/mol. The van der Waals surface area contributed by atoms with E-state index in [2.05, 4.69) is 167 Å². The van der Waals surface area contributed by atoms with Crippen molar-refractivity contribution < 1.29 is 0 Å². The first kappa shape index (κ1) is 26.7. The van der Waals surface area contributed by atoms with Gasteiger partial charge in [-0.15, -0.1) is 0 Å². The van der Waals surface area contributed by atoms with Crippen LogP contribution in [-0.2, 0) is 10.8 Å². The maximum atomic E-state index is 2.49. The zero-order valence-electron chi connectivity index (χ0n) is 25.9. The third-order valence-corrected chi connectivity index (χ3v) is 8.97. The lowest BCUT2D eigenvalue weighted by molar-refractivity contribution is 0.590. The van der Waals surface area contributed by atoms with Gasteiger partial charge in [-0.2, -0.15) is 0 Å². The Morgan fingerprint density at radius 3 is 1.26 bits per heavy atom. The molecule has 0 N–H and O–H groups in total. The number of fused-ring (bicyclic) bond motifs is 4. The molecule has 2 aliphatic heterocycles. The van der Waals surface area contributed by atoms with Gasteiger partial charge in [0, 0.05) is 34.1 Å². The fourth-order valence-corrected chi connectivity index (χ4v) is 6.79. The topological polar surface area (TPSA) is 6.48 Å². The normalized spacial score (nSPS) is 13.9. The minimum absolute atomic E-state index is 0.0455. The second kappa shape index (κ2) is 9.39. The molecule has 0 spiro atoms. The lowest BCUT2D eigenvalue weighted by Crippen LogP contribution is -2.61. The zero-order valence-corrected chi connectivity index (χ0v) is 25.9. The molecule has 208 valence electrons. The summed E-state index contributed by atoms with van der Waals surface area (Å²) < 4.78 is 0. The molecule has 0 saturated carbocycles. The summed E-state index contributed by atoms with van der Waals surface area (Å²) in [6, 6.07) is 40.9. The number of anilines is 6. The van der Waals surface area contributed by atoms with Gasteiger partial charge in [-0.05, 0) is 99.4 Å². The van der Waals surface area contributed by atoms with Crippen LogP contribution in [0, 0.1) is 6.92 Å². The number of nitrogens with zero attached hydrogens (tertiary/aromatic N) is 2. The molecule has 0 saturated heterocycles. The molecule has 0 bridgehead atoms. The van der Waals surface area contributed by atoms with E-state index in [0.717, 1.165) is 0 Å². The van der Waals surface area contributed by atoms with Gasteiger partial charge in [0.1, 0.15) is 0 Å². The Morgan fingerprint density at radius 1 is 0.476 bits per heavy atom. The standard InChI is InChI=1S/C39H39BN2/c1-26-22-35-37-36(23-26)42(30-16-12-9-13-17-30)34-21-19-28(39(5,6)7)25-32(34)40(37)31-24-27(38(2,3)4)18-20-33(31)41(35)29-14-10-8-11-15-29/h8-25H,1-7H3. The van der Waals surface area contributed by atoms with Crippen LogP contribution in [-0.4, -0.2) is 6.71 Å². The third kappa shape index (κ3) is 4.17. The lowest BCUT2D eigenvalue weighted by Gasteiger charge is -2.45. The van der Waals surface area contributed by atoms with Gasteiger partial charge in [0.15, 0.2) is 0 Å². The van der Waals surface area contributed by atoms with Gasteiger partial charge in [-0.25, -0.2) is 0 Å². The van der Waals surface area contributed by atoms with Gasteiger partial charge in [0.05, 0.1) is 0 Å². The van der Waals surface area contributed by atoms with Crippen molar-refractivity contribution >= 4 is 57.2 Å². The molecule has 42 heavy (non-hydrogen) atoms. The Balaban J connectivity index is 1.62. The maximum Gasteiger partial charge on any atom is 0.252 e. The van der Waals surface area contributed by atoms with E-state index in [1.165, 1.54) is 67.2 Å². The van der Waals surface area contributed by atoms with Crippen molar-refractivity contribution in [3.63, 3.8) is 0 Å². The summed E-state index contributed by atoms with van der Waals surface area (Å²) in [5, 5.41) is 0. The molecule has 3 heteroatoms. The molecule has 7 rings (SSSR count). The molecule has 0 unspecified atom stereocenters. The number of hydrogen-bond acceptors (Lipinski definition) is 2. The van der Waals surface area contributed by atoms with Crippen molar-refractivity contribution in [3.8, 4) is 0 Å². The highest BCUT2D eigenvalue weighted by Crippen LogP contribution is 2.45. The van der Waals surface area contributed by atoms with Crippen LogP contribution >= 0.6 is 0 Å². The van der Waals surface area contributed by atoms with E-state index >= 15 is 0 Å². The van der Waals surface area contributed by atoms with E-state index in [1.807, 2.05) is 0 Å². The van der Waals surface area contributed by atoms with Crippen molar-refractivity contribution in [1.82, 2.24) is 0 Å². The van der Waals surface area contributed by atoms with Crippen LogP contribution in [0.25, 0.3) is 0 Å². The summed E-state index contributed by atoms with van der Waals surface area (Å²) in [4.78, 5) is 4.98. The second-order valence-corrected chi connectivity index (χ2v) is 14.0. The lowest BCUT2D eigenvalue weighted by atomic mass is 9.33. The molecule has 0 aliphatic carbocycles. The van der Waals surface area contributed by atoms with E-state index in [4.69, 9.17) is 0 Å². The molecule has 5 aromatic carbocycles. The largest absolute Gasteiger partial charge is 0.311 e. The SMILES string of the molecule is Cc1cc2c3c(c1)N(c1ccccc1)c1ccc(C(C)(C)C)cc1B3c1cc(C(C)(C)C)ccc1N2c1ccccc1. The van der Waals surface area contributed by atoms with E-state index in [9.17, 15) is 0 Å². The summed E-state index contributed by atoms with van der Waals surface area (Å²) in [6.45, 7) is 16.3. The first-order chi connectivity index (χ1) is 20.0. The van der Waals surface area contributed by atoms with Crippen molar-refractivity contribution in [2.75, 3.05) is 9.80 Å². The number of hydrogen-bond donors (Lipinski definition) is 0. The summed E-state index contributed by atoms with van der Waals surface area (Å²) in [5.41, 5.74) is 15.7. The molecule has 0 atom stereocenters. The quantitative estimate of drug-likeness (QED) is 0.200. The third-order valence-electron chi connectivity index (χ3n) is 8.97.